The van der Waals surface area contributed by atoms with Crippen LogP contribution in [0.5, 0.6) is 0 Å². The molecule has 0 N–H and O–H groups in total. The first-order chi connectivity index (χ1) is 12.5. The van der Waals surface area contributed by atoms with Crippen molar-refractivity contribution in [1.29, 1.82) is 0 Å². The molecular weight excluding hydrogens is 326 g/mol. The molecule has 0 aliphatic heterocycles. The molecule has 0 amide bonds. The molecule has 0 radical (unpaired) electrons. The first kappa shape index (κ1) is 16.3. The predicted octanol–water partition coefficient (Wildman–Crippen LogP) is 3.36. The Kier molecular flexibility index (Phi) is 3.72. The molecule has 2 heterocycles. The van der Waals surface area contributed by atoms with Crippen LogP contribution in [0, 0.1) is 0 Å². The van der Waals surface area contributed by atoms with Gasteiger partial charge < -0.3 is 0 Å². The third-order valence-corrected chi connectivity index (χ3v) is 4.85. The van der Waals surface area contributed by atoms with Crippen LogP contribution in [0.1, 0.15) is 25.3 Å². The normalized spacial score (nSPS) is 11.5. The summed E-state index contributed by atoms with van der Waals surface area (Å²) in [7, 11) is 1.69. The molecule has 0 atom stereocenters. The number of hydrogen-bond donors (Lipinski definition) is 0. The Hall–Kier alpha value is -3.21. The van der Waals surface area contributed by atoms with Crippen LogP contribution in [-0.4, -0.2) is 14.1 Å². The fraction of sp³-hybridized carbons (Fsp3) is 0.190. The molecule has 5 heteroatoms. The van der Waals surface area contributed by atoms with E-state index in [0.29, 0.717) is 22.5 Å². The number of fused-ring (bicyclic) bond motifs is 2. The maximum Gasteiger partial charge on any atom is 0.335 e. The van der Waals surface area contributed by atoms with Gasteiger partial charge in [0.1, 0.15) is 0 Å². The van der Waals surface area contributed by atoms with Gasteiger partial charge in [0.15, 0.2) is 0 Å². The first-order valence-corrected chi connectivity index (χ1v) is 8.58. The standard InChI is InChI=1S/C21H19N3O2/c1-13(2)14-8-9-18-17(10-14)20(25)24(21(26)23(18)3)19-12-22-11-15-6-4-5-7-16(15)19/h4-13H,1-3H3. The summed E-state index contributed by atoms with van der Waals surface area (Å²) < 4.78 is 2.74. The number of rotatable bonds is 2. The number of aromatic nitrogens is 3. The highest BCUT2D eigenvalue weighted by molar-refractivity contribution is 5.89. The second kappa shape index (κ2) is 5.95. The molecule has 4 rings (SSSR count). The third-order valence-electron chi connectivity index (χ3n) is 4.85. The molecule has 130 valence electrons. The number of benzene rings is 2. The van der Waals surface area contributed by atoms with E-state index in [9.17, 15) is 9.59 Å². The highest BCUT2D eigenvalue weighted by Gasteiger charge is 2.15. The lowest BCUT2D eigenvalue weighted by Gasteiger charge is -2.14. The van der Waals surface area contributed by atoms with Gasteiger partial charge in [-0.05, 0) is 23.6 Å². The largest absolute Gasteiger partial charge is 0.335 e. The van der Waals surface area contributed by atoms with Gasteiger partial charge >= 0.3 is 5.69 Å². The molecule has 26 heavy (non-hydrogen) atoms. The Morgan fingerprint density at radius 2 is 1.73 bits per heavy atom. The van der Waals surface area contributed by atoms with Crippen LogP contribution in [0.15, 0.2) is 64.4 Å². The van der Waals surface area contributed by atoms with Crippen LogP contribution in [0.4, 0.5) is 0 Å². The summed E-state index contributed by atoms with van der Waals surface area (Å²) in [6, 6.07) is 13.3. The summed E-state index contributed by atoms with van der Waals surface area (Å²) >= 11 is 0. The number of nitrogens with zero attached hydrogens (tertiary/aromatic N) is 3. The maximum atomic E-state index is 13.2. The lowest BCUT2D eigenvalue weighted by atomic mass is 10.0. The summed E-state index contributed by atoms with van der Waals surface area (Å²) in [6.45, 7) is 4.16. The van der Waals surface area contributed by atoms with E-state index >= 15 is 0 Å². The summed E-state index contributed by atoms with van der Waals surface area (Å²) in [4.78, 5) is 30.4. The Labute approximate surface area is 150 Å². The highest BCUT2D eigenvalue weighted by Crippen LogP contribution is 2.21. The Bertz CT molecular complexity index is 1260. The average Bonchev–Trinajstić information content (AvgIpc) is 2.66. The van der Waals surface area contributed by atoms with Crippen molar-refractivity contribution in [2.75, 3.05) is 0 Å². The molecule has 0 fully saturated rings. The van der Waals surface area contributed by atoms with Crippen molar-refractivity contribution < 1.29 is 0 Å². The van der Waals surface area contributed by atoms with E-state index in [1.807, 2.05) is 42.5 Å². The molecule has 0 spiro atoms. The van der Waals surface area contributed by atoms with Gasteiger partial charge in [-0.3, -0.25) is 14.3 Å². The number of aryl methyl sites for hydroxylation is 1. The Morgan fingerprint density at radius 3 is 2.50 bits per heavy atom. The summed E-state index contributed by atoms with van der Waals surface area (Å²) in [6.07, 6.45) is 3.30. The lowest BCUT2D eigenvalue weighted by Crippen LogP contribution is -2.38. The SMILES string of the molecule is CC(C)c1ccc2c(c1)c(=O)n(-c1cncc3ccccc13)c(=O)n2C. The molecule has 0 unspecified atom stereocenters. The minimum atomic E-state index is -0.377. The smallest absolute Gasteiger partial charge is 0.296 e. The summed E-state index contributed by atoms with van der Waals surface area (Å²) in [5.41, 5.74) is 1.51. The highest BCUT2D eigenvalue weighted by atomic mass is 16.2. The van der Waals surface area contributed by atoms with E-state index < -0.39 is 0 Å². The molecule has 2 aromatic heterocycles. The van der Waals surface area contributed by atoms with Crippen LogP contribution in [0.3, 0.4) is 0 Å². The zero-order chi connectivity index (χ0) is 18.4. The van der Waals surface area contributed by atoms with Crippen LogP contribution in [-0.2, 0) is 7.05 Å². The van der Waals surface area contributed by atoms with Crippen molar-refractivity contribution >= 4 is 21.7 Å². The predicted molar refractivity (Wildman–Crippen MR) is 104 cm³/mol. The van der Waals surface area contributed by atoms with Crippen molar-refractivity contribution in [3.8, 4) is 5.69 Å². The van der Waals surface area contributed by atoms with Crippen LogP contribution in [0.2, 0.25) is 0 Å². The fourth-order valence-corrected chi connectivity index (χ4v) is 3.33. The lowest BCUT2D eigenvalue weighted by molar-refractivity contribution is 0.773. The van der Waals surface area contributed by atoms with E-state index in [1.165, 1.54) is 9.13 Å². The number of hydrogen-bond acceptors (Lipinski definition) is 3. The second-order valence-corrected chi connectivity index (χ2v) is 6.79. The van der Waals surface area contributed by atoms with E-state index in [2.05, 4.69) is 18.8 Å². The van der Waals surface area contributed by atoms with Crippen molar-refractivity contribution in [1.82, 2.24) is 14.1 Å². The van der Waals surface area contributed by atoms with Crippen molar-refractivity contribution in [2.24, 2.45) is 7.05 Å². The van der Waals surface area contributed by atoms with Crippen molar-refractivity contribution in [2.45, 2.75) is 19.8 Å². The quantitative estimate of drug-likeness (QED) is 0.560. The molecule has 0 saturated carbocycles. The Morgan fingerprint density at radius 1 is 0.962 bits per heavy atom. The van der Waals surface area contributed by atoms with E-state index in [-0.39, 0.29) is 11.2 Å². The second-order valence-electron chi connectivity index (χ2n) is 6.79. The minimum absolute atomic E-state index is 0.295. The van der Waals surface area contributed by atoms with Crippen molar-refractivity contribution in [3.05, 3.63) is 81.3 Å². The zero-order valence-corrected chi connectivity index (χ0v) is 14.9. The van der Waals surface area contributed by atoms with Gasteiger partial charge in [0.05, 0.1) is 22.8 Å². The molecular formula is C21H19N3O2. The van der Waals surface area contributed by atoms with Gasteiger partial charge in [-0.2, -0.15) is 0 Å². The van der Waals surface area contributed by atoms with Gasteiger partial charge in [0.25, 0.3) is 5.56 Å². The maximum absolute atomic E-state index is 13.2. The summed E-state index contributed by atoms with van der Waals surface area (Å²) in [5.74, 6) is 0.295. The molecule has 0 aliphatic carbocycles. The molecule has 2 aromatic carbocycles. The van der Waals surface area contributed by atoms with Crippen LogP contribution >= 0.6 is 0 Å². The van der Waals surface area contributed by atoms with Gasteiger partial charge in [-0.25, -0.2) is 9.36 Å². The van der Waals surface area contributed by atoms with Gasteiger partial charge in [0.2, 0.25) is 0 Å². The Balaban J connectivity index is 2.16. The molecule has 5 nitrogen and oxygen atoms in total. The van der Waals surface area contributed by atoms with Gasteiger partial charge in [-0.1, -0.05) is 44.2 Å². The van der Waals surface area contributed by atoms with E-state index in [1.54, 1.807) is 19.4 Å². The van der Waals surface area contributed by atoms with Crippen molar-refractivity contribution in [3.63, 3.8) is 0 Å². The first-order valence-electron chi connectivity index (χ1n) is 8.58. The molecule has 0 bridgehead atoms. The van der Waals surface area contributed by atoms with E-state index in [0.717, 1.165) is 16.3 Å². The molecule has 0 saturated heterocycles. The van der Waals surface area contributed by atoms with Crippen LogP contribution in [0.25, 0.3) is 27.4 Å². The number of pyridine rings is 1. The average molecular weight is 345 g/mol. The fourth-order valence-electron chi connectivity index (χ4n) is 3.33. The van der Waals surface area contributed by atoms with Gasteiger partial charge in [-0.15, -0.1) is 0 Å². The third kappa shape index (κ3) is 2.36. The zero-order valence-electron chi connectivity index (χ0n) is 14.9. The monoisotopic (exact) mass is 345 g/mol. The summed E-state index contributed by atoms with van der Waals surface area (Å²) in [5, 5.41) is 2.24. The molecule has 0 aliphatic rings. The minimum Gasteiger partial charge on any atom is -0.296 e. The van der Waals surface area contributed by atoms with Gasteiger partial charge in [0, 0.05) is 24.0 Å². The van der Waals surface area contributed by atoms with E-state index in [4.69, 9.17) is 0 Å². The van der Waals surface area contributed by atoms with Crippen LogP contribution < -0.4 is 11.2 Å². The topological polar surface area (TPSA) is 56.9 Å². The molecule has 4 aromatic rings.